The summed E-state index contributed by atoms with van der Waals surface area (Å²) in [6.07, 6.45) is 7.90. The molecule has 8 nitrogen and oxygen atoms in total. The van der Waals surface area contributed by atoms with E-state index in [-0.39, 0.29) is 23.8 Å². The Morgan fingerprint density at radius 3 is 2.62 bits per heavy atom. The van der Waals surface area contributed by atoms with E-state index in [1.54, 1.807) is 59.8 Å². The first-order valence-corrected chi connectivity index (χ1v) is 12.4. The minimum Gasteiger partial charge on any atom is -0.474 e. The molecule has 0 aliphatic carbocycles. The van der Waals surface area contributed by atoms with Gasteiger partial charge >= 0.3 is 0 Å². The van der Waals surface area contributed by atoms with Gasteiger partial charge in [-0.3, -0.25) is 9.36 Å². The van der Waals surface area contributed by atoms with Gasteiger partial charge in [0.05, 0.1) is 21.2 Å². The fourth-order valence-electron chi connectivity index (χ4n) is 4.60. The number of benzene rings is 1. The Kier molecular flexibility index (Phi) is 7.08. The van der Waals surface area contributed by atoms with Crippen LogP contribution in [0.4, 0.5) is 0 Å². The van der Waals surface area contributed by atoms with Gasteiger partial charge in [0, 0.05) is 55.8 Å². The second-order valence-corrected chi connectivity index (χ2v) is 9.66. The van der Waals surface area contributed by atoms with Gasteiger partial charge in [-0.05, 0) is 42.8 Å². The molecule has 4 aromatic rings. The minimum absolute atomic E-state index is 0.0368. The second-order valence-electron chi connectivity index (χ2n) is 8.85. The zero-order valence-electron chi connectivity index (χ0n) is 19.8. The highest BCUT2D eigenvalue weighted by atomic mass is 35.5. The number of imidazole rings is 1. The fourth-order valence-corrected chi connectivity index (χ4v) is 4.91. The van der Waals surface area contributed by atoms with E-state index >= 15 is 0 Å². The summed E-state index contributed by atoms with van der Waals surface area (Å²) in [5, 5.41) is 9.96. The van der Waals surface area contributed by atoms with E-state index in [1.165, 1.54) is 6.20 Å². The van der Waals surface area contributed by atoms with Crippen molar-refractivity contribution >= 4 is 29.1 Å². The largest absolute Gasteiger partial charge is 0.474 e. The third kappa shape index (κ3) is 5.29. The fraction of sp³-hybridized carbons (Fsp3) is 0.222. The number of rotatable bonds is 6. The Labute approximate surface area is 224 Å². The number of nitriles is 1. The number of amides is 1. The monoisotopic (exact) mass is 532 g/mol. The number of halogens is 2. The van der Waals surface area contributed by atoms with E-state index < -0.39 is 0 Å². The normalized spacial score (nSPS) is 17.8. The lowest BCUT2D eigenvalue weighted by Crippen LogP contribution is -2.32. The number of hydrogen-bond acceptors (Lipinski definition) is 6. The van der Waals surface area contributed by atoms with Crippen molar-refractivity contribution in [1.29, 1.82) is 5.26 Å². The molecule has 3 atom stereocenters. The quantitative estimate of drug-likeness (QED) is 0.340. The Morgan fingerprint density at radius 2 is 1.97 bits per heavy atom. The van der Waals surface area contributed by atoms with Crippen molar-refractivity contribution in [3.05, 3.63) is 100 Å². The first-order valence-electron chi connectivity index (χ1n) is 11.6. The molecule has 37 heavy (non-hydrogen) atoms. The van der Waals surface area contributed by atoms with Crippen molar-refractivity contribution in [3.63, 3.8) is 0 Å². The molecule has 1 fully saturated rings. The van der Waals surface area contributed by atoms with Crippen LogP contribution in [0.25, 0.3) is 5.82 Å². The lowest BCUT2D eigenvalue weighted by Gasteiger charge is -2.25. The van der Waals surface area contributed by atoms with Crippen LogP contribution in [-0.2, 0) is 0 Å². The molecule has 0 N–H and O–H groups in total. The maximum Gasteiger partial charge on any atom is 0.255 e. The minimum atomic E-state index is -0.278. The number of likely N-dealkylation sites (tertiary alicyclic amines) is 1. The smallest absolute Gasteiger partial charge is 0.255 e. The predicted molar refractivity (Wildman–Crippen MR) is 139 cm³/mol. The Morgan fingerprint density at radius 1 is 1.11 bits per heavy atom. The van der Waals surface area contributed by atoms with Crippen molar-refractivity contribution in [3.8, 4) is 17.8 Å². The summed E-state index contributed by atoms with van der Waals surface area (Å²) < 4.78 is 7.93. The third-order valence-corrected chi connectivity index (χ3v) is 7.30. The van der Waals surface area contributed by atoms with Crippen molar-refractivity contribution in [2.24, 2.45) is 5.92 Å². The van der Waals surface area contributed by atoms with Crippen LogP contribution >= 0.6 is 23.2 Å². The summed E-state index contributed by atoms with van der Waals surface area (Å²) in [6, 6.07) is 14.5. The Balaban J connectivity index is 1.39. The number of nitrogens with zero attached hydrogens (tertiary/aromatic N) is 6. The van der Waals surface area contributed by atoms with E-state index in [4.69, 9.17) is 33.2 Å². The molecule has 1 aliphatic heterocycles. The number of aromatic nitrogens is 4. The van der Waals surface area contributed by atoms with E-state index in [0.29, 0.717) is 46.0 Å². The van der Waals surface area contributed by atoms with Gasteiger partial charge in [-0.15, -0.1) is 0 Å². The van der Waals surface area contributed by atoms with Gasteiger partial charge in [0.15, 0.2) is 0 Å². The van der Waals surface area contributed by atoms with Gasteiger partial charge < -0.3 is 9.64 Å². The number of pyridine rings is 2. The molecular formula is C27H22Cl2N6O2. The highest BCUT2D eigenvalue weighted by Crippen LogP contribution is 2.38. The molecule has 0 radical (unpaired) electrons. The zero-order valence-corrected chi connectivity index (χ0v) is 21.3. The predicted octanol–water partition coefficient (Wildman–Crippen LogP) is 5.16. The molecule has 0 unspecified atom stereocenters. The van der Waals surface area contributed by atoms with Gasteiger partial charge in [0.1, 0.15) is 24.3 Å². The maximum atomic E-state index is 13.5. The summed E-state index contributed by atoms with van der Waals surface area (Å²) in [5.41, 5.74) is 1.94. The van der Waals surface area contributed by atoms with E-state index in [1.807, 2.05) is 24.0 Å². The first kappa shape index (κ1) is 24.8. The molecule has 10 heteroatoms. The average Bonchev–Trinajstić information content (AvgIpc) is 3.61. The molecule has 0 saturated carbocycles. The lowest BCUT2D eigenvalue weighted by molar-refractivity contribution is 0.0769. The summed E-state index contributed by atoms with van der Waals surface area (Å²) in [4.78, 5) is 28.0. The summed E-state index contributed by atoms with van der Waals surface area (Å²) in [6.45, 7) is 2.92. The Bertz CT molecular complexity index is 1440. The maximum absolute atomic E-state index is 13.5. The lowest BCUT2D eigenvalue weighted by atomic mass is 9.86. The summed E-state index contributed by atoms with van der Waals surface area (Å²) in [7, 11) is 0. The van der Waals surface area contributed by atoms with Gasteiger partial charge in [-0.1, -0.05) is 29.3 Å². The number of carbonyl (C=O) groups is 1. The third-order valence-electron chi connectivity index (χ3n) is 6.56. The summed E-state index contributed by atoms with van der Waals surface area (Å²) >= 11 is 12.5. The van der Waals surface area contributed by atoms with Gasteiger partial charge in [0.25, 0.3) is 5.91 Å². The van der Waals surface area contributed by atoms with Crippen molar-refractivity contribution in [2.75, 3.05) is 13.1 Å². The van der Waals surface area contributed by atoms with Crippen LogP contribution in [0.1, 0.15) is 34.3 Å². The van der Waals surface area contributed by atoms with Crippen LogP contribution in [0.5, 0.6) is 5.88 Å². The van der Waals surface area contributed by atoms with E-state index in [9.17, 15) is 4.79 Å². The molecular weight excluding hydrogens is 511 g/mol. The molecule has 1 amide bonds. The second kappa shape index (κ2) is 10.6. The van der Waals surface area contributed by atoms with Crippen molar-refractivity contribution in [2.45, 2.75) is 18.9 Å². The van der Waals surface area contributed by atoms with Crippen molar-refractivity contribution < 1.29 is 9.53 Å². The van der Waals surface area contributed by atoms with Crippen LogP contribution in [0.3, 0.4) is 0 Å². The highest BCUT2D eigenvalue weighted by molar-refractivity contribution is 6.42. The molecule has 4 heterocycles. The van der Waals surface area contributed by atoms with Gasteiger partial charge in [0.2, 0.25) is 5.88 Å². The van der Waals surface area contributed by atoms with Crippen LogP contribution in [0.2, 0.25) is 10.0 Å². The molecule has 5 rings (SSSR count). The molecule has 0 bridgehead atoms. The van der Waals surface area contributed by atoms with Crippen LogP contribution in [0.15, 0.2) is 73.6 Å². The SMILES string of the molecule is C[C@H](Oc1ccc(C#N)cn1)[C@H]1CN(C(=O)c2ccc(-n3ccnc3)nc2)C[C@@H]1c1ccc(Cl)c(Cl)c1. The topological polar surface area (TPSA) is 96.9 Å². The number of ether oxygens (including phenoxy) is 1. The highest BCUT2D eigenvalue weighted by Gasteiger charge is 2.40. The summed E-state index contributed by atoms with van der Waals surface area (Å²) in [5.74, 6) is 0.908. The average molecular weight is 533 g/mol. The molecule has 1 aliphatic rings. The molecule has 1 saturated heterocycles. The van der Waals surface area contributed by atoms with Gasteiger partial charge in [-0.2, -0.15) is 5.26 Å². The van der Waals surface area contributed by atoms with E-state index in [0.717, 1.165) is 5.56 Å². The molecule has 186 valence electrons. The zero-order chi connectivity index (χ0) is 25.9. The van der Waals surface area contributed by atoms with E-state index in [2.05, 4.69) is 21.0 Å². The Hall–Kier alpha value is -3.93. The number of hydrogen-bond donors (Lipinski definition) is 0. The molecule has 0 spiro atoms. The van der Waals surface area contributed by atoms with Crippen LogP contribution in [-0.4, -0.2) is 49.5 Å². The molecule has 3 aromatic heterocycles. The van der Waals surface area contributed by atoms with Gasteiger partial charge in [-0.25, -0.2) is 15.0 Å². The van der Waals surface area contributed by atoms with Crippen LogP contribution < -0.4 is 4.74 Å². The number of carbonyl (C=O) groups excluding carboxylic acids is 1. The standard InChI is InChI=1S/C27H22Cl2N6O2/c1-17(37-26-7-2-18(11-30)12-33-26)21-14-35(15-22(21)19-3-5-23(28)24(29)10-19)27(36)20-4-6-25(32-13-20)34-9-8-31-16-34/h2-10,12-13,16-17,21-22H,14-15H2,1H3/t17-,21+,22+/m0/s1. The van der Waals surface area contributed by atoms with Crippen LogP contribution in [0, 0.1) is 17.2 Å². The van der Waals surface area contributed by atoms with Crippen molar-refractivity contribution in [1.82, 2.24) is 24.4 Å². The first-order chi connectivity index (χ1) is 17.9. The molecule has 1 aromatic carbocycles.